The third kappa shape index (κ3) is 2.98. The fraction of sp³-hybridized carbons (Fsp3) is 0.600. The summed E-state index contributed by atoms with van der Waals surface area (Å²) in [5, 5.41) is 1.05. The maximum absolute atomic E-state index is 6.69. The molecule has 1 saturated carbocycles. The summed E-state index contributed by atoms with van der Waals surface area (Å²) in [5.74, 6) is 0. The minimum atomic E-state index is 0.244. The van der Waals surface area contributed by atoms with E-state index in [4.69, 9.17) is 23.2 Å². The molecule has 0 spiro atoms. The molecule has 2 rings (SSSR count). The molecule has 94 valence electrons. The van der Waals surface area contributed by atoms with Crippen LogP contribution < -0.4 is 0 Å². The molecule has 0 saturated heterocycles. The van der Waals surface area contributed by atoms with Crippen LogP contribution in [0.1, 0.15) is 44.6 Å². The first-order valence-corrected chi connectivity index (χ1v) is 7.36. The zero-order valence-electron chi connectivity index (χ0n) is 10.4. The van der Waals surface area contributed by atoms with Crippen molar-refractivity contribution in [1.82, 2.24) is 0 Å². The average molecular weight is 271 g/mol. The van der Waals surface area contributed by atoms with Gasteiger partial charge in [-0.1, -0.05) is 43.5 Å². The Morgan fingerprint density at radius 3 is 2.59 bits per heavy atom. The van der Waals surface area contributed by atoms with Gasteiger partial charge in [-0.3, -0.25) is 0 Å². The van der Waals surface area contributed by atoms with Crippen LogP contribution in [0.15, 0.2) is 24.3 Å². The first kappa shape index (κ1) is 13.2. The van der Waals surface area contributed by atoms with Crippen LogP contribution in [0.25, 0.3) is 0 Å². The van der Waals surface area contributed by atoms with Gasteiger partial charge in [0.25, 0.3) is 0 Å². The van der Waals surface area contributed by atoms with E-state index in [0.29, 0.717) is 5.41 Å². The van der Waals surface area contributed by atoms with Crippen molar-refractivity contribution in [2.45, 2.75) is 50.8 Å². The Morgan fingerprint density at radius 1 is 1.29 bits per heavy atom. The normalized spacial score (nSPS) is 20.4. The van der Waals surface area contributed by atoms with E-state index in [-0.39, 0.29) is 5.38 Å². The molecule has 17 heavy (non-hydrogen) atoms. The molecule has 0 heterocycles. The first-order valence-electron chi connectivity index (χ1n) is 6.55. The van der Waals surface area contributed by atoms with E-state index >= 15 is 0 Å². The molecular formula is C15H20Cl2. The lowest BCUT2D eigenvalue weighted by atomic mass is 9.78. The van der Waals surface area contributed by atoms with E-state index in [9.17, 15) is 0 Å². The summed E-state index contributed by atoms with van der Waals surface area (Å²) in [6, 6.07) is 8.09. The number of alkyl halides is 1. The average Bonchev–Trinajstić information content (AvgIpc) is 2.78. The summed E-state index contributed by atoms with van der Waals surface area (Å²) < 4.78 is 0. The van der Waals surface area contributed by atoms with Crippen molar-refractivity contribution >= 4 is 23.2 Å². The molecule has 1 aromatic rings. The van der Waals surface area contributed by atoms with Crippen molar-refractivity contribution in [3.05, 3.63) is 34.9 Å². The van der Waals surface area contributed by atoms with Crippen molar-refractivity contribution < 1.29 is 0 Å². The van der Waals surface area contributed by atoms with Gasteiger partial charge in [0.15, 0.2) is 0 Å². The minimum absolute atomic E-state index is 0.244. The van der Waals surface area contributed by atoms with Crippen molar-refractivity contribution in [3.8, 4) is 0 Å². The van der Waals surface area contributed by atoms with Crippen molar-refractivity contribution in [2.24, 2.45) is 5.41 Å². The summed E-state index contributed by atoms with van der Waals surface area (Å²) >= 11 is 12.7. The van der Waals surface area contributed by atoms with Gasteiger partial charge in [0, 0.05) is 10.4 Å². The Kier molecular flexibility index (Phi) is 4.38. The van der Waals surface area contributed by atoms with E-state index in [1.54, 1.807) is 0 Å². The lowest BCUT2D eigenvalue weighted by Crippen LogP contribution is -2.29. The summed E-state index contributed by atoms with van der Waals surface area (Å²) in [5.41, 5.74) is 1.63. The Labute approximate surface area is 114 Å². The van der Waals surface area contributed by atoms with Gasteiger partial charge >= 0.3 is 0 Å². The van der Waals surface area contributed by atoms with Crippen LogP contribution in [-0.2, 0) is 6.42 Å². The van der Waals surface area contributed by atoms with Crippen LogP contribution in [0.5, 0.6) is 0 Å². The zero-order valence-corrected chi connectivity index (χ0v) is 11.9. The summed E-state index contributed by atoms with van der Waals surface area (Å²) in [6.45, 7) is 2.28. The summed E-state index contributed by atoms with van der Waals surface area (Å²) in [7, 11) is 0. The molecule has 0 aromatic heterocycles. The molecule has 0 N–H and O–H groups in total. The summed E-state index contributed by atoms with van der Waals surface area (Å²) in [4.78, 5) is 0. The van der Waals surface area contributed by atoms with Crippen LogP contribution in [0.3, 0.4) is 0 Å². The van der Waals surface area contributed by atoms with Crippen LogP contribution in [0.2, 0.25) is 5.02 Å². The highest BCUT2D eigenvalue weighted by Gasteiger charge is 2.38. The predicted molar refractivity (Wildman–Crippen MR) is 76.0 cm³/mol. The van der Waals surface area contributed by atoms with Crippen LogP contribution >= 0.6 is 23.2 Å². The standard InChI is InChI=1S/C15H20Cl2/c1-2-15(8-3-4-9-15)14(17)11-12-6-5-7-13(16)10-12/h5-7,10,14H,2-4,8-9,11H2,1H3. The molecule has 0 amide bonds. The second kappa shape index (κ2) is 5.63. The third-order valence-corrected chi connectivity index (χ3v) is 5.12. The smallest absolute Gasteiger partial charge is 0.0432 e. The van der Waals surface area contributed by atoms with Gasteiger partial charge in [0.1, 0.15) is 0 Å². The Morgan fingerprint density at radius 2 is 2.00 bits per heavy atom. The molecule has 1 unspecified atom stereocenters. The number of hydrogen-bond donors (Lipinski definition) is 0. The Bertz CT molecular complexity index is 367. The highest BCUT2D eigenvalue weighted by Crippen LogP contribution is 2.47. The molecule has 1 fully saturated rings. The summed E-state index contributed by atoms with van der Waals surface area (Å²) in [6.07, 6.45) is 7.40. The second-order valence-corrected chi connectivity index (χ2v) is 6.19. The number of benzene rings is 1. The van der Waals surface area contributed by atoms with Gasteiger partial charge < -0.3 is 0 Å². The second-order valence-electron chi connectivity index (χ2n) is 5.22. The minimum Gasteiger partial charge on any atom is -0.122 e. The van der Waals surface area contributed by atoms with E-state index in [0.717, 1.165) is 11.4 Å². The largest absolute Gasteiger partial charge is 0.122 e. The number of hydrogen-bond acceptors (Lipinski definition) is 0. The third-order valence-electron chi connectivity index (χ3n) is 4.27. The van der Waals surface area contributed by atoms with Gasteiger partial charge in [-0.05, 0) is 48.8 Å². The highest BCUT2D eigenvalue weighted by molar-refractivity contribution is 6.30. The molecule has 0 radical (unpaired) electrons. The van der Waals surface area contributed by atoms with E-state index in [2.05, 4.69) is 13.0 Å². The van der Waals surface area contributed by atoms with Crippen LogP contribution in [-0.4, -0.2) is 5.38 Å². The van der Waals surface area contributed by atoms with Gasteiger partial charge in [-0.2, -0.15) is 0 Å². The Balaban J connectivity index is 2.07. The number of rotatable bonds is 4. The molecule has 1 aliphatic carbocycles. The fourth-order valence-electron chi connectivity index (χ4n) is 3.05. The van der Waals surface area contributed by atoms with Crippen molar-refractivity contribution in [2.75, 3.05) is 0 Å². The molecule has 0 aliphatic heterocycles. The lowest BCUT2D eigenvalue weighted by molar-refractivity contribution is 0.267. The first-order chi connectivity index (χ1) is 8.16. The highest BCUT2D eigenvalue weighted by atomic mass is 35.5. The molecule has 1 aliphatic rings. The monoisotopic (exact) mass is 270 g/mol. The van der Waals surface area contributed by atoms with E-state index in [1.165, 1.54) is 37.7 Å². The molecule has 2 heteroatoms. The molecule has 0 nitrogen and oxygen atoms in total. The molecular weight excluding hydrogens is 251 g/mol. The molecule has 1 aromatic carbocycles. The predicted octanol–water partition coefficient (Wildman–Crippen LogP) is 5.46. The fourth-order valence-corrected chi connectivity index (χ4v) is 3.82. The van der Waals surface area contributed by atoms with Gasteiger partial charge in [-0.15, -0.1) is 11.6 Å². The Hall–Kier alpha value is -0.200. The van der Waals surface area contributed by atoms with Crippen molar-refractivity contribution in [3.63, 3.8) is 0 Å². The van der Waals surface area contributed by atoms with Gasteiger partial charge in [-0.25, -0.2) is 0 Å². The lowest BCUT2D eigenvalue weighted by Gasteiger charge is -2.33. The maximum Gasteiger partial charge on any atom is 0.0432 e. The van der Waals surface area contributed by atoms with Crippen LogP contribution in [0, 0.1) is 5.41 Å². The maximum atomic E-state index is 6.69. The van der Waals surface area contributed by atoms with Crippen LogP contribution in [0.4, 0.5) is 0 Å². The van der Waals surface area contributed by atoms with Gasteiger partial charge in [0.05, 0.1) is 0 Å². The van der Waals surface area contributed by atoms with Gasteiger partial charge in [0.2, 0.25) is 0 Å². The van der Waals surface area contributed by atoms with E-state index in [1.807, 2.05) is 18.2 Å². The molecule has 0 bridgehead atoms. The quantitative estimate of drug-likeness (QED) is 0.638. The molecule has 1 atom stereocenters. The van der Waals surface area contributed by atoms with E-state index < -0.39 is 0 Å². The number of halogens is 2. The topological polar surface area (TPSA) is 0 Å². The zero-order chi connectivity index (χ0) is 12.3. The van der Waals surface area contributed by atoms with Crippen molar-refractivity contribution in [1.29, 1.82) is 0 Å². The SMILES string of the molecule is CCC1(C(Cl)Cc2cccc(Cl)c2)CCCC1.